The molecule has 1 saturated heterocycles. The van der Waals surface area contributed by atoms with Gasteiger partial charge in [-0.05, 0) is 37.3 Å². The van der Waals surface area contributed by atoms with Gasteiger partial charge in [-0.3, -0.25) is 9.59 Å². The first kappa shape index (κ1) is 19.4. The fourth-order valence-electron chi connectivity index (χ4n) is 3.30. The van der Waals surface area contributed by atoms with Gasteiger partial charge < -0.3 is 14.7 Å². The van der Waals surface area contributed by atoms with Crippen LogP contribution in [0, 0.1) is 11.7 Å². The maximum absolute atomic E-state index is 14.1. The van der Waals surface area contributed by atoms with Crippen molar-refractivity contribution in [2.75, 3.05) is 19.6 Å². The summed E-state index contributed by atoms with van der Waals surface area (Å²) in [5.41, 5.74) is 0.426. The van der Waals surface area contributed by atoms with Crippen molar-refractivity contribution in [1.29, 1.82) is 0 Å². The summed E-state index contributed by atoms with van der Waals surface area (Å²) in [4.78, 5) is 25.4. The summed E-state index contributed by atoms with van der Waals surface area (Å²) in [6.07, 6.45) is 2.72. The number of amides is 2. The van der Waals surface area contributed by atoms with E-state index < -0.39 is 5.82 Å². The molecule has 8 heteroatoms. The molecule has 144 valence electrons. The third-order valence-electron chi connectivity index (χ3n) is 4.68. The summed E-state index contributed by atoms with van der Waals surface area (Å²) >= 11 is 5.80. The average molecular weight is 394 g/mol. The SMILES string of the molecule is CC(=O)NCCC1CCCN(C(=O)c2cc(-c3cccc(Cl)c3F)no2)C1. The quantitative estimate of drug-likeness (QED) is 0.843. The summed E-state index contributed by atoms with van der Waals surface area (Å²) in [5.74, 6) is -0.515. The molecule has 1 N–H and O–H groups in total. The van der Waals surface area contributed by atoms with E-state index in [0.717, 1.165) is 19.3 Å². The van der Waals surface area contributed by atoms with E-state index >= 15 is 0 Å². The van der Waals surface area contributed by atoms with Crippen LogP contribution in [0.5, 0.6) is 0 Å². The van der Waals surface area contributed by atoms with Gasteiger partial charge in [0.25, 0.3) is 5.91 Å². The Balaban J connectivity index is 1.66. The highest BCUT2D eigenvalue weighted by Crippen LogP contribution is 2.28. The molecule has 3 rings (SSSR count). The van der Waals surface area contributed by atoms with Crippen molar-refractivity contribution >= 4 is 23.4 Å². The van der Waals surface area contributed by atoms with E-state index in [-0.39, 0.29) is 33.9 Å². The topological polar surface area (TPSA) is 75.4 Å². The molecule has 27 heavy (non-hydrogen) atoms. The molecular weight excluding hydrogens is 373 g/mol. The van der Waals surface area contributed by atoms with Crippen molar-refractivity contribution in [3.8, 4) is 11.3 Å². The van der Waals surface area contributed by atoms with Crippen LogP contribution in [-0.4, -0.2) is 41.5 Å². The van der Waals surface area contributed by atoms with Crippen LogP contribution < -0.4 is 5.32 Å². The molecule has 0 bridgehead atoms. The first-order chi connectivity index (χ1) is 13.0. The normalized spacial score (nSPS) is 17.0. The Bertz CT molecular complexity index is 839. The van der Waals surface area contributed by atoms with E-state index in [1.807, 2.05) is 0 Å². The number of rotatable bonds is 5. The second-order valence-corrected chi connectivity index (χ2v) is 7.12. The monoisotopic (exact) mass is 393 g/mol. The van der Waals surface area contributed by atoms with E-state index in [9.17, 15) is 14.0 Å². The molecular formula is C19H21ClFN3O3. The molecule has 1 aromatic heterocycles. The Morgan fingerprint density at radius 3 is 3.04 bits per heavy atom. The second-order valence-electron chi connectivity index (χ2n) is 6.71. The maximum atomic E-state index is 14.1. The molecule has 1 aromatic carbocycles. The minimum Gasteiger partial charge on any atom is -0.356 e. The van der Waals surface area contributed by atoms with Gasteiger partial charge in [-0.1, -0.05) is 22.8 Å². The van der Waals surface area contributed by atoms with E-state index in [4.69, 9.17) is 16.1 Å². The van der Waals surface area contributed by atoms with Crippen molar-refractivity contribution in [2.45, 2.75) is 26.2 Å². The van der Waals surface area contributed by atoms with Gasteiger partial charge in [0.05, 0.1) is 5.02 Å². The van der Waals surface area contributed by atoms with Gasteiger partial charge in [-0.15, -0.1) is 0 Å². The average Bonchev–Trinajstić information content (AvgIpc) is 3.13. The van der Waals surface area contributed by atoms with Crippen LogP contribution in [0.1, 0.15) is 36.7 Å². The van der Waals surface area contributed by atoms with Crippen LogP contribution >= 0.6 is 11.6 Å². The molecule has 1 aliphatic heterocycles. The lowest BCUT2D eigenvalue weighted by Gasteiger charge is -2.32. The maximum Gasteiger partial charge on any atom is 0.292 e. The van der Waals surface area contributed by atoms with Crippen molar-refractivity contribution in [3.05, 3.63) is 40.9 Å². The van der Waals surface area contributed by atoms with Gasteiger partial charge in [0, 0.05) is 38.2 Å². The van der Waals surface area contributed by atoms with Gasteiger partial charge in [-0.25, -0.2) is 4.39 Å². The lowest BCUT2D eigenvalue weighted by molar-refractivity contribution is -0.119. The summed E-state index contributed by atoms with van der Waals surface area (Å²) in [6.45, 7) is 3.32. The molecule has 2 amide bonds. The first-order valence-corrected chi connectivity index (χ1v) is 9.28. The second kappa shape index (κ2) is 8.52. The highest BCUT2D eigenvalue weighted by Gasteiger charge is 2.27. The number of nitrogens with zero attached hydrogens (tertiary/aromatic N) is 2. The zero-order valence-electron chi connectivity index (χ0n) is 15.0. The molecule has 1 aliphatic rings. The molecule has 1 unspecified atom stereocenters. The number of aromatic nitrogens is 1. The predicted molar refractivity (Wildman–Crippen MR) is 98.8 cm³/mol. The summed E-state index contributed by atoms with van der Waals surface area (Å²) in [5, 5.41) is 6.59. The van der Waals surface area contributed by atoms with Gasteiger partial charge in [0.2, 0.25) is 11.7 Å². The Morgan fingerprint density at radius 2 is 2.26 bits per heavy atom. The molecule has 2 heterocycles. The Labute approximate surface area is 161 Å². The fraction of sp³-hybridized carbons (Fsp3) is 0.421. The zero-order valence-corrected chi connectivity index (χ0v) is 15.8. The van der Waals surface area contributed by atoms with E-state index in [0.29, 0.717) is 25.6 Å². The smallest absolute Gasteiger partial charge is 0.292 e. The number of nitrogens with one attached hydrogen (secondary N) is 1. The standard InChI is InChI=1S/C19H21ClFN3O3/c1-12(25)22-8-7-13-4-3-9-24(11-13)19(26)17-10-16(23-27-17)14-5-2-6-15(20)18(14)21/h2,5-6,10,13H,3-4,7-9,11H2,1H3,(H,22,25). The number of piperidine rings is 1. The Kier molecular flexibility index (Phi) is 6.11. The van der Waals surface area contributed by atoms with Crippen molar-refractivity contribution < 1.29 is 18.5 Å². The molecule has 0 aliphatic carbocycles. The molecule has 1 fully saturated rings. The third-order valence-corrected chi connectivity index (χ3v) is 4.97. The number of hydrogen-bond acceptors (Lipinski definition) is 4. The fourth-order valence-corrected chi connectivity index (χ4v) is 3.47. The van der Waals surface area contributed by atoms with Crippen molar-refractivity contribution in [2.24, 2.45) is 5.92 Å². The highest BCUT2D eigenvalue weighted by molar-refractivity contribution is 6.31. The minimum absolute atomic E-state index is 0.0126. The van der Waals surface area contributed by atoms with E-state index in [2.05, 4.69) is 10.5 Å². The number of hydrogen-bond donors (Lipinski definition) is 1. The van der Waals surface area contributed by atoms with E-state index in [1.165, 1.54) is 25.1 Å². The number of likely N-dealkylation sites (tertiary alicyclic amines) is 1. The van der Waals surface area contributed by atoms with Crippen molar-refractivity contribution in [1.82, 2.24) is 15.4 Å². The van der Waals surface area contributed by atoms with Crippen LogP contribution in [0.25, 0.3) is 11.3 Å². The largest absolute Gasteiger partial charge is 0.356 e. The summed E-state index contributed by atoms with van der Waals surface area (Å²) in [7, 11) is 0. The minimum atomic E-state index is -0.595. The zero-order chi connectivity index (χ0) is 19.4. The van der Waals surface area contributed by atoms with Crippen LogP contribution in [0.15, 0.2) is 28.8 Å². The molecule has 2 aromatic rings. The van der Waals surface area contributed by atoms with E-state index in [1.54, 1.807) is 11.0 Å². The van der Waals surface area contributed by atoms with Crippen molar-refractivity contribution in [3.63, 3.8) is 0 Å². The number of halogens is 2. The molecule has 0 spiro atoms. The lowest BCUT2D eigenvalue weighted by atomic mass is 9.94. The van der Waals surface area contributed by atoms with Crippen LogP contribution in [0.3, 0.4) is 0 Å². The van der Waals surface area contributed by atoms with Gasteiger partial charge in [0.15, 0.2) is 5.82 Å². The van der Waals surface area contributed by atoms with Gasteiger partial charge in [0.1, 0.15) is 5.69 Å². The highest BCUT2D eigenvalue weighted by atomic mass is 35.5. The van der Waals surface area contributed by atoms with Crippen LogP contribution in [0.4, 0.5) is 4.39 Å². The summed E-state index contributed by atoms with van der Waals surface area (Å²) < 4.78 is 19.3. The summed E-state index contributed by atoms with van der Waals surface area (Å²) in [6, 6.07) is 6.03. The number of carbonyl (C=O) groups is 2. The Morgan fingerprint density at radius 1 is 1.44 bits per heavy atom. The number of benzene rings is 1. The third kappa shape index (κ3) is 4.66. The predicted octanol–water partition coefficient (Wildman–Crippen LogP) is 3.51. The molecule has 1 atom stereocenters. The molecule has 6 nitrogen and oxygen atoms in total. The van der Waals surface area contributed by atoms with Crippen LogP contribution in [-0.2, 0) is 4.79 Å². The van der Waals surface area contributed by atoms with Crippen LogP contribution in [0.2, 0.25) is 5.02 Å². The van der Waals surface area contributed by atoms with Gasteiger partial charge in [-0.2, -0.15) is 0 Å². The molecule has 0 radical (unpaired) electrons. The molecule has 0 saturated carbocycles. The van der Waals surface area contributed by atoms with Gasteiger partial charge >= 0.3 is 0 Å². The Hall–Kier alpha value is -2.41. The lowest BCUT2D eigenvalue weighted by Crippen LogP contribution is -2.40. The first-order valence-electron chi connectivity index (χ1n) is 8.90. The number of carbonyl (C=O) groups excluding carboxylic acids is 2.